The average molecular weight is 270 g/mol. The van der Waals surface area contributed by atoms with E-state index in [1.807, 2.05) is 17.0 Å². The largest absolute Gasteiger partial charge is 0.343 e. The molecule has 1 atom stereocenters. The SMILES string of the molecule is CC(=O)N1CC[C@@H](Cc2cccnc2-c2ccn[nH]2)C1. The zero-order valence-corrected chi connectivity index (χ0v) is 11.5. The standard InChI is InChI=1S/C15H18N4O/c1-11(20)19-8-5-12(10-19)9-13-3-2-6-16-15(13)14-4-7-17-18-14/h2-4,6-7,12H,5,8-10H2,1H3,(H,17,18)/t12-/m0/s1. The summed E-state index contributed by atoms with van der Waals surface area (Å²) in [7, 11) is 0. The number of aromatic nitrogens is 3. The second-order valence-corrected chi connectivity index (χ2v) is 5.31. The Balaban J connectivity index is 1.77. The van der Waals surface area contributed by atoms with Crippen molar-refractivity contribution in [3.8, 4) is 11.4 Å². The Morgan fingerprint density at radius 3 is 3.05 bits per heavy atom. The summed E-state index contributed by atoms with van der Waals surface area (Å²) in [6.45, 7) is 3.37. The first-order chi connectivity index (χ1) is 9.74. The molecule has 2 aromatic rings. The number of nitrogens with one attached hydrogen (secondary N) is 1. The lowest BCUT2D eigenvalue weighted by Gasteiger charge is -2.15. The van der Waals surface area contributed by atoms with E-state index in [4.69, 9.17) is 0 Å². The highest BCUT2D eigenvalue weighted by atomic mass is 16.2. The molecule has 3 rings (SSSR count). The Labute approximate surface area is 118 Å². The van der Waals surface area contributed by atoms with Crippen molar-refractivity contribution in [3.05, 3.63) is 36.2 Å². The highest BCUT2D eigenvalue weighted by Gasteiger charge is 2.25. The Morgan fingerprint density at radius 1 is 1.45 bits per heavy atom. The van der Waals surface area contributed by atoms with Gasteiger partial charge in [-0.05, 0) is 36.5 Å². The molecule has 1 aliphatic heterocycles. The molecular weight excluding hydrogens is 252 g/mol. The van der Waals surface area contributed by atoms with Crippen LogP contribution in [-0.4, -0.2) is 39.1 Å². The van der Waals surface area contributed by atoms with Gasteiger partial charge >= 0.3 is 0 Å². The first-order valence-corrected chi connectivity index (χ1v) is 6.93. The molecule has 104 valence electrons. The molecule has 0 radical (unpaired) electrons. The Kier molecular flexibility index (Phi) is 3.50. The van der Waals surface area contributed by atoms with Gasteiger partial charge in [-0.1, -0.05) is 6.07 Å². The summed E-state index contributed by atoms with van der Waals surface area (Å²) in [5.74, 6) is 0.692. The van der Waals surface area contributed by atoms with E-state index in [0.717, 1.165) is 37.3 Å². The quantitative estimate of drug-likeness (QED) is 0.926. The Morgan fingerprint density at radius 2 is 2.35 bits per heavy atom. The Bertz CT molecular complexity index is 594. The number of carbonyl (C=O) groups is 1. The highest BCUT2D eigenvalue weighted by molar-refractivity contribution is 5.73. The highest BCUT2D eigenvalue weighted by Crippen LogP contribution is 2.25. The van der Waals surface area contributed by atoms with Gasteiger partial charge in [0, 0.05) is 32.4 Å². The number of aromatic amines is 1. The van der Waals surface area contributed by atoms with E-state index in [9.17, 15) is 4.79 Å². The first kappa shape index (κ1) is 12.8. The summed E-state index contributed by atoms with van der Waals surface area (Å²) >= 11 is 0. The lowest BCUT2D eigenvalue weighted by molar-refractivity contribution is -0.127. The molecule has 5 heteroatoms. The van der Waals surface area contributed by atoms with E-state index < -0.39 is 0 Å². The van der Waals surface area contributed by atoms with Crippen LogP contribution in [0.1, 0.15) is 18.9 Å². The summed E-state index contributed by atoms with van der Waals surface area (Å²) in [6, 6.07) is 6.01. The van der Waals surface area contributed by atoms with E-state index in [0.29, 0.717) is 5.92 Å². The molecule has 0 unspecified atom stereocenters. The van der Waals surface area contributed by atoms with Crippen LogP contribution in [0.3, 0.4) is 0 Å². The van der Waals surface area contributed by atoms with Gasteiger partial charge in [0.25, 0.3) is 0 Å². The smallest absolute Gasteiger partial charge is 0.219 e. The minimum Gasteiger partial charge on any atom is -0.343 e. The van der Waals surface area contributed by atoms with E-state index in [-0.39, 0.29) is 5.91 Å². The lowest BCUT2D eigenvalue weighted by atomic mass is 9.96. The van der Waals surface area contributed by atoms with Crippen LogP contribution in [0.5, 0.6) is 0 Å². The molecule has 0 aromatic carbocycles. The summed E-state index contributed by atoms with van der Waals surface area (Å²) in [5.41, 5.74) is 3.13. The lowest BCUT2D eigenvalue weighted by Crippen LogP contribution is -2.26. The number of nitrogens with zero attached hydrogens (tertiary/aromatic N) is 3. The minimum absolute atomic E-state index is 0.174. The van der Waals surface area contributed by atoms with Gasteiger partial charge in [0.2, 0.25) is 5.91 Å². The average Bonchev–Trinajstić information content (AvgIpc) is 3.10. The number of rotatable bonds is 3. The molecule has 0 aliphatic carbocycles. The van der Waals surface area contributed by atoms with Gasteiger partial charge in [-0.25, -0.2) is 0 Å². The van der Waals surface area contributed by atoms with E-state index in [2.05, 4.69) is 21.2 Å². The third kappa shape index (κ3) is 2.57. The molecule has 0 bridgehead atoms. The van der Waals surface area contributed by atoms with Gasteiger partial charge in [0.15, 0.2) is 0 Å². The summed E-state index contributed by atoms with van der Waals surface area (Å²) in [5, 5.41) is 6.96. The fraction of sp³-hybridized carbons (Fsp3) is 0.400. The molecule has 20 heavy (non-hydrogen) atoms. The van der Waals surface area contributed by atoms with Crippen LogP contribution in [-0.2, 0) is 11.2 Å². The predicted octanol–water partition coefficient (Wildman–Crippen LogP) is 1.88. The maximum atomic E-state index is 11.4. The monoisotopic (exact) mass is 270 g/mol. The van der Waals surface area contributed by atoms with Crippen molar-refractivity contribution in [2.75, 3.05) is 13.1 Å². The van der Waals surface area contributed by atoms with E-state index in [1.54, 1.807) is 19.3 Å². The summed E-state index contributed by atoms with van der Waals surface area (Å²) in [4.78, 5) is 17.8. The molecule has 1 N–H and O–H groups in total. The molecule has 1 saturated heterocycles. The van der Waals surface area contributed by atoms with Gasteiger partial charge in [0.05, 0.1) is 11.4 Å². The number of hydrogen-bond donors (Lipinski definition) is 1. The molecule has 3 heterocycles. The molecule has 0 saturated carbocycles. The fourth-order valence-corrected chi connectivity index (χ4v) is 2.83. The predicted molar refractivity (Wildman–Crippen MR) is 75.9 cm³/mol. The fourth-order valence-electron chi connectivity index (χ4n) is 2.83. The van der Waals surface area contributed by atoms with Crippen LogP contribution < -0.4 is 0 Å². The van der Waals surface area contributed by atoms with Crippen LogP contribution >= 0.6 is 0 Å². The van der Waals surface area contributed by atoms with Gasteiger partial charge in [-0.15, -0.1) is 0 Å². The normalized spacial score (nSPS) is 18.4. The van der Waals surface area contributed by atoms with Crippen molar-refractivity contribution in [1.82, 2.24) is 20.1 Å². The van der Waals surface area contributed by atoms with Crippen LogP contribution in [0, 0.1) is 5.92 Å². The van der Waals surface area contributed by atoms with Crippen molar-refractivity contribution < 1.29 is 4.79 Å². The van der Waals surface area contributed by atoms with Crippen molar-refractivity contribution >= 4 is 5.91 Å². The number of likely N-dealkylation sites (tertiary alicyclic amines) is 1. The van der Waals surface area contributed by atoms with Gasteiger partial charge in [-0.3, -0.25) is 14.9 Å². The molecule has 1 aliphatic rings. The van der Waals surface area contributed by atoms with Crippen molar-refractivity contribution in [3.63, 3.8) is 0 Å². The zero-order valence-electron chi connectivity index (χ0n) is 11.5. The third-order valence-corrected chi connectivity index (χ3v) is 3.89. The first-order valence-electron chi connectivity index (χ1n) is 6.93. The van der Waals surface area contributed by atoms with Gasteiger partial charge in [0.1, 0.15) is 0 Å². The second kappa shape index (κ2) is 5.45. The summed E-state index contributed by atoms with van der Waals surface area (Å²) < 4.78 is 0. The van der Waals surface area contributed by atoms with Gasteiger partial charge < -0.3 is 4.90 Å². The molecule has 0 spiro atoms. The zero-order chi connectivity index (χ0) is 13.9. The number of carbonyl (C=O) groups excluding carboxylic acids is 1. The van der Waals surface area contributed by atoms with Crippen LogP contribution in [0.4, 0.5) is 0 Å². The summed E-state index contributed by atoms with van der Waals surface area (Å²) in [6.07, 6.45) is 5.56. The number of pyridine rings is 1. The van der Waals surface area contributed by atoms with Crippen LogP contribution in [0.25, 0.3) is 11.4 Å². The van der Waals surface area contributed by atoms with E-state index in [1.165, 1.54) is 5.56 Å². The molecule has 1 fully saturated rings. The van der Waals surface area contributed by atoms with Crippen LogP contribution in [0.2, 0.25) is 0 Å². The topological polar surface area (TPSA) is 61.9 Å². The third-order valence-electron chi connectivity index (χ3n) is 3.89. The number of H-pyrrole nitrogens is 1. The molecular formula is C15H18N4O. The maximum Gasteiger partial charge on any atom is 0.219 e. The van der Waals surface area contributed by atoms with Crippen LogP contribution in [0.15, 0.2) is 30.6 Å². The molecule has 2 aromatic heterocycles. The molecule has 1 amide bonds. The van der Waals surface area contributed by atoms with Gasteiger partial charge in [-0.2, -0.15) is 5.10 Å². The molecule has 5 nitrogen and oxygen atoms in total. The van der Waals surface area contributed by atoms with E-state index >= 15 is 0 Å². The number of amides is 1. The van der Waals surface area contributed by atoms with Crippen molar-refractivity contribution in [1.29, 1.82) is 0 Å². The minimum atomic E-state index is 0.174. The van der Waals surface area contributed by atoms with Crippen molar-refractivity contribution in [2.45, 2.75) is 19.8 Å². The maximum absolute atomic E-state index is 11.4. The van der Waals surface area contributed by atoms with Crippen molar-refractivity contribution in [2.24, 2.45) is 5.92 Å². The second-order valence-electron chi connectivity index (χ2n) is 5.31. The number of hydrogen-bond acceptors (Lipinski definition) is 3. The Hall–Kier alpha value is -2.17.